The molecule has 5 nitrogen and oxygen atoms in total. The van der Waals surface area contributed by atoms with Crippen LogP contribution in [0.5, 0.6) is 0 Å². The van der Waals surface area contributed by atoms with Gasteiger partial charge < -0.3 is 5.32 Å². The molecule has 3 rings (SSSR count). The van der Waals surface area contributed by atoms with Gasteiger partial charge in [0.1, 0.15) is 0 Å². The summed E-state index contributed by atoms with van der Waals surface area (Å²) in [4.78, 5) is 12.9. The second-order valence-corrected chi connectivity index (χ2v) is 9.77. The topological polar surface area (TPSA) is 66.5 Å². The highest BCUT2D eigenvalue weighted by atomic mass is 35.5. The lowest BCUT2D eigenvalue weighted by Crippen LogP contribution is -2.39. The number of nitrogens with one attached hydrogen (secondary N) is 1. The van der Waals surface area contributed by atoms with Crippen LogP contribution in [0, 0.1) is 13.8 Å². The number of halogens is 1. The van der Waals surface area contributed by atoms with Gasteiger partial charge in [0.05, 0.1) is 11.4 Å². The molecule has 0 heterocycles. The molecule has 0 aromatic heterocycles. The maximum atomic E-state index is 13.3. The van der Waals surface area contributed by atoms with Gasteiger partial charge in [-0.3, -0.25) is 4.79 Å². The Morgan fingerprint density at radius 3 is 2.32 bits per heavy atom. The van der Waals surface area contributed by atoms with E-state index in [-0.39, 0.29) is 18.0 Å². The minimum atomic E-state index is -3.85. The van der Waals surface area contributed by atoms with Gasteiger partial charge in [-0.1, -0.05) is 65.7 Å². The Labute approximate surface area is 188 Å². The highest BCUT2D eigenvalue weighted by Gasteiger charge is 2.26. The molecule has 0 saturated heterocycles. The normalized spacial score (nSPS) is 11.5. The van der Waals surface area contributed by atoms with Gasteiger partial charge in [-0.05, 0) is 55.7 Å². The predicted octanol–water partition coefficient (Wildman–Crippen LogP) is 4.83. The van der Waals surface area contributed by atoms with Crippen LogP contribution in [0.25, 0.3) is 0 Å². The molecule has 0 aliphatic rings. The summed E-state index contributed by atoms with van der Waals surface area (Å²) in [5.41, 5.74) is 3.37. The second-order valence-electron chi connectivity index (χ2n) is 7.39. The van der Waals surface area contributed by atoms with E-state index in [2.05, 4.69) is 5.32 Å². The zero-order chi connectivity index (χ0) is 22.4. The molecule has 31 heavy (non-hydrogen) atoms. The molecule has 0 spiro atoms. The summed E-state index contributed by atoms with van der Waals surface area (Å²) in [7, 11) is -3.85. The Kier molecular flexibility index (Phi) is 7.49. The quantitative estimate of drug-likeness (QED) is 0.528. The van der Waals surface area contributed by atoms with Crippen LogP contribution in [0.4, 0.5) is 5.69 Å². The first-order valence-corrected chi connectivity index (χ1v) is 11.7. The number of carbonyl (C=O) groups is 1. The summed E-state index contributed by atoms with van der Waals surface area (Å²) in [6.45, 7) is 3.63. The summed E-state index contributed by atoms with van der Waals surface area (Å²) in [5.74, 6) is -0.422. The molecule has 0 unspecified atom stereocenters. The first-order chi connectivity index (χ1) is 14.8. The highest BCUT2D eigenvalue weighted by Crippen LogP contribution is 2.21. The lowest BCUT2D eigenvalue weighted by molar-refractivity contribution is -0.116. The molecular weight excluding hydrogens is 432 g/mol. The van der Waals surface area contributed by atoms with Crippen molar-refractivity contribution < 1.29 is 13.2 Å². The van der Waals surface area contributed by atoms with Gasteiger partial charge in [0.2, 0.25) is 15.9 Å². The van der Waals surface area contributed by atoms with Gasteiger partial charge in [-0.25, -0.2) is 8.42 Å². The van der Waals surface area contributed by atoms with Crippen LogP contribution in [-0.4, -0.2) is 31.7 Å². The Bertz CT molecular complexity index is 1150. The Morgan fingerprint density at radius 1 is 0.968 bits per heavy atom. The number of hydrogen-bond acceptors (Lipinski definition) is 3. The fourth-order valence-corrected chi connectivity index (χ4v) is 4.69. The van der Waals surface area contributed by atoms with Gasteiger partial charge in [-0.2, -0.15) is 4.31 Å². The summed E-state index contributed by atoms with van der Waals surface area (Å²) in [6, 6.07) is 21.4. The van der Waals surface area contributed by atoms with E-state index >= 15 is 0 Å². The number of nitrogens with zero attached hydrogens (tertiary/aromatic N) is 1. The van der Waals surface area contributed by atoms with Crippen molar-refractivity contribution >= 4 is 33.2 Å². The van der Waals surface area contributed by atoms with Crippen LogP contribution in [-0.2, 0) is 21.2 Å². The molecule has 162 valence electrons. The molecule has 7 heteroatoms. The number of aryl methyl sites for hydroxylation is 2. The number of hydrogen-bond donors (Lipinski definition) is 1. The third-order valence-electron chi connectivity index (χ3n) is 4.95. The average molecular weight is 457 g/mol. The molecule has 0 atom stereocenters. The van der Waals surface area contributed by atoms with E-state index in [0.29, 0.717) is 17.1 Å². The molecule has 3 aromatic rings. The molecule has 0 fully saturated rings. The lowest BCUT2D eigenvalue weighted by Gasteiger charge is -2.22. The van der Waals surface area contributed by atoms with Crippen molar-refractivity contribution in [2.45, 2.75) is 25.2 Å². The van der Waals surface area contributed by atoms with Crippen LogP contribution >= 0.6 is 11.6 Å². The van der Waals surface area contributed by atoms with Crippen LogP contribution in [0.15, 0.2) is 77.7 Å². The number of sulfonamides is 1. The number of carbonyl (C=O) groups excluding carboxylic acids is 1. The summed E-state index contributed by atoms with van der Waals surface area (Å²) in [6.07, 6.45) is 0.495. The summed E-state index contributed by atoms with van der Waals surface area (Å²) < 4.78 is 27.8. The molecule has 0 saturated carbocycles. The largest absolute Gasteiger partial charge is 0.325 e. The van der Waals surface area contributed by atoms with Gasteiger partial charge >= 0.3 is 0 Å². The second kappa shape index (κ2) is 10.1. The van der Waals surface area contributed by atoms with Crippen molar-refractivity contribution in [1.82, 2.24) is 4.31 Å². The minimum Gasteiger partial charge on any atom is -0.325 e. The molecule has 0 aliphatic heterocycles. The van der Waals surface area contributed by atoms with Crippen LogP contribution in [0.1, 0.15) is 16.7 Å². The number of amides is 1. The third kappa shape index (κ3) is 6.17. The van der Waals surface area contributed by atoms with E-state index in [4.69, 9.17) is 11.6 Å². The van der Waals surface area contributed by atoms with Gasteiger partial charge in [0.15, 0.2) is 0 Å². The Hall–Kier alpha value is -2.67. The van der Waals surface area contributed by atoms with Crippen molar-refractivity contribution in [1.29, 1.82) is 0 Å². The SMILES string of the molecule is Cc1ccc(S(=O)(=O)N(CCc2ccccc2)CC(=O)Nc2cc(Cl)ccc2C)cc1. The van der Waals surface area contributed by atoms with Gasteiger partial charge in [-0.15, -0.1) is 0 Å². The first kappa shape index (κ1) is 23.0. The zero-order valence-corrected chi connectivity index (χ0v) is 19.1. The molecule has 1 N–H and O–H groups in total. The standard InChI is InChI=1S/C24H25ClN2O3S/c1-18-8-12-22(13-9-18)31(29,30)27(15-14-20-6-4-3-5-7-20)17-24(28)26-23-16-21(25)11-10-19(23)2/h3-13,16H,14-15,17H2,1-2H3,(H,26,28). The van der Waals surface area contributed by atoms with Crippen molar-refractivity contribution in [2.24, 2.45) is 0 Å². The summed E-state index contributed by atoms with van der Waals surface area (Å²) >= 11 is 6.03. The molecule has 1 amide bonds. The Morgan fingerprint density at radius 2 is 1.65 bits per heavy atom. The molecule has 3 aromatic carbocycles. The first-order valence-electron chi connectivity index (χ1n) is 9.92. The molecule has 0 bridgehead atoms. The number of anilines is 1. The van der Waals surface area contributed by atoms with Crippen molar-refractivity contribution in [2.75, 3.05) is 18.4 Å². The van der Waals surface area contributed by atoms with Crippen molar-refractivity contribution in [3.63, 3.8) is 0 Å². The van der Waals surface area contributed by atoms with Crippen LogP contribution in [0.3, 0.4) is 0 Å². The monoisotopic (exact) mass is 456 g/mol. The maximum Gasteiger partial charge on any atom is 0.243 e. The summed E-state index contributed by atoms with van der Waals surface area (Å²) in [5, 5.41) is 3.28. The van der Waals surface area contributed by atoms with Crippen molar-refractivity contribution in [3.8, 4) is 0 Å². The minimum absolute atomic E-state index is 0.165. The van der Waals surface area contributed by atoms with Gasteiger partial charge in [0, 0.05) is 17.3 Å². The molecule has 0 radical (unpaired) electrons. The van der Waals surface area contributed by atoms with E-state index in [9.17, 15) is 13.2 Å². The average Bonchev–Trinajstić information content (AvgIpc) is 2.74. The molecule has 0 aliphatic carbocycles. The Balaban J connectivity index is 1.83. The fourth-order valence-electron chi connectivity index (χ4n) is 3.12. The third-order valence-corrected chi connectivity index (χ3v) is 7.04. The van der Waals surface area contributed by atoms with E-state index in [1.807, 2.05) is 44.2 Å². The maximum absolute atomic E-state index is 13.3. The van der Waals surface area contributed by atoms with Crippen LogP contribution < -0.4 is 5.32 Å². The number of rotatable bonds is 8. The zero-order valence-electron chi connectivity index (χ0n) is 17.5. The number of benzene rings is 3. The highest BCUT2D eigenvalue weighted by molar-refractivity contribution is 7.89. The predicted molar refractivity (Wildman–Crippen MR) is 125 cm³/mol. The van der Waals surface area contributed by atoms with Gasteiger partial charge in [0.25, 0.3) is 0 Å². The van der Waals surface area contributed by atoms with E-state index < -0.39 is 15.9 Å². The lowest BCUT2D eigenvalue weighted by atomic mass is 10.1. The van der Waals surface area contributed by atoms with Crippen LogP contribution in [0.2, 0.25) is 5.02 Å². The van der Waals surface area contributed by atoms with E-state index in [1.54, 1.807) is 42.5 Å². The molecular formula is C24H25ClN2O3S. The van der Waals surface area contributed by atoms with Crippen molar-refractivity contribution in [3.05, 3.63) is 94.5 Å². The fraction of sp³-hybridized carbons (Fsp3) is 0.208. The van der Waals surface area contributed by atoms with E-state index in [0.717, 1.165) is 16.7 Å². The van der Waals surface area contributed by atoms with E-state index in [1.165, 1.54) is 4.31 Å². The smallest absolute Gasteiger partial charge is 0.243 e.